The molecule has 3 nitrogen and oxygen atoms in total. The number of carbonyl (C=O) groups is 1. The molecule has 1 N–H and O–H groups in total. The summed E-state index contributed by atoms with van der Waals surface area (Å²) in [7, 11) is 0. The van der Waals surface area contributed by atoms with E-state index in [0.717, 1.165) is 24.7 Å². The van der Waals surface area contributed by atoms with Crippen LogP contribution >= 0.6 is 11.8 Å². The fourth-order valence-corrected chi connectivity index (χ4v) is 4.14. The van der Waals surface area contributed by atoms with Crippen LogP contribution in [0.4, 0.5) is 4.79 Å². The molecule has 1 aliphatic carbocycles. The standard InChI is InChI=1S/C12H21NO2S/c1-12(2,3)15-11(14)13-10-4-8-6-16-7-9(8)5-10/h8-10H,4-7H2,1-3H3,(H,13,14)/t8-,9+,10?. The van der Waals surface area contributed by atoms with Crippen molar-refractivity contribution in [3.63, 3.8) is 0 Å². The van der Waals surface area contributed by atoms with Gasteiger partial charge >= 0.3 is 6.09 Å². The molecule has 16 heavy (non-hydrogen) atoms. The molecule has 0 spiro atoms. The van der Waals surface area contributed by atoms with Crippen LogP contribution in [0.2, 0.25) is 0 Å². The van der Waals surface area contributed by atoms with Gasteiger partial charge < -0.3 is 10.1 Å². The van der Waals surface area contributed by atoms with Gasteiger partial charge in [0.1, 0.15) is 5.60 Å². The number of thioether (sulfide) groups is 1. The van der Waals surface area contributed by atoms with Gasteiger partial charge in [0.2, 0.25) is 0 Å². The number of hydrogen-bond donors (Lipinski definition) is 1. The van der Waals surface area contributed by atoms with Crippen LogP contribution in [-0.4, -0.2) is 29.2 Å². The number of amides is 1. The lowest BCUT2D eigenvalue weighted by molar-refractivity contribution is 0.0504. The van der Waals surface area contributed by atoms with Crippen molar-refractivity contribution in [2.75, 3.05) is 11.5 Å². The van der Waals surface area contributed by atoms with Crippen LogP contribution in [-0.2, 0) is 4.74 Å². The van der Waals surface area contributed by atoms with E-state index in [1.807, 2.05) is 20.8 Å². The van der Waals surface area contributed by atoms with E-state index in [4.69, 9.17) is 4.74 Å². The van der Waals surface area contributed by atoms with Crippen molar-refractivity contribution in [1.29, 1.82) is 0 Å². The zero-order valence-electron chi connectivity index (χ0n) is 10.3. The van der Waals surface area contributed by atoms with Gasteiger partial charge in [-0.3, -0.25) is 0 Å². The largest absolute Gasteiger partial charge is 0.444 e. The van der Waals surface area contributed by atoms with Crippen LogP contribution in [0.3, 0.4) is 0 Å². The highest BCUT2D eigenvalue weighted by atomic mass is 32.2. The maximum absolute atomic E-state index is 11.6. The van der Waals surface area contributed by atoms with E-state index in [2.05, 4.69) is 17.1 Å². The van der Waals surface area contributed by atoms with Crippen molar-refractivity contribution in [2.45, 2.75) is 45.3 Å². The molecular formula is C12H21NO2S. The molecule has 0 aromatic carbocycles. The van der Waals surface area contributed by atoms with E-state index in [9.17, 15) is 4.79 Å². The minimum absolute atomic E-state index is 0.259. The Morgan fingerprint density at radius 1 is 1.25 bits per heavy atom. The molecule has 0 aromatic rings. The van der Waals surface area contributed by atoms with Crippen LogP contribution in [0, 0.1) is 11.8 Å². The Balaban J connectivity index is 1.77. The molecule has 1 aliphatic heterocycles. The van der Waals surface area contributed by atoms with Crippen molar-refractivity contribution in [2.24, 2.45) is 11.8 Å². The summed E-state index contributed by atoms with van der Waals surface area (Å²) in [5.74, 6) is 4.20. The molecule has 1 amide bonds. The SMILES string of the molecule is CC(C)(C)OC(=O)NC1C[C@H]2CSC[C@H]2C1. The number of nitrogens with one attached hydrogen (secondary N) is 1. The van der Waals surface area contributed by atoms with E-state index in [0.29, 0.717) is 6.04 Å². The van der Waals surface area contributed by atoms with Crippen LogP contribution in [0.15, 0.2) is 0 Å². The Bertz CT molecular complexity index is 263. The van der Waals surface area contributed by atoms with Crippen molar-refractivity contribution in [3.05, 3.63) is 0 Å². The lowest BCUT2D eigenvalue weighted by Gasteiger charge is -2.22. The predicted molar refractivity (Wildman–Crippen MR) is 66.7 cm³/mol. The van der Waals surface area contributed by atoms with E-state index < -0.39 is 5.60 Å². The summed E-state index contributed by atoms with van der Waals surface area (Å²) < 4.78 is 5.27. The average Bonchev–Trinajstić information content (AvgIpc) is 2.58. The molecule has 1 saturated heterocycles. The van der Waals surface area contributed by atoms with E-state index in [-0.39, 0.29) is 6.09 Å². The lowest BCUT2D eigenvalue weighted by atomic mass is 10.0. The fourth-order valence-electron chi connectivity index (χ4n) is 2.58. The topological polar surface area (TPSA) is 38.3 Å². The van der Waals surface area contributed by atoms with Crippen molar-refractivity contribution in [3.8, 4) is 0 Å². The van der Waals surface area contributed by atoms with Crippen molar-refractivity contribution >= 4 is 17.9 Å². The second kappa shape index (κ2) is 4.47. The van der Waals surface area contributed by atoms with Crippen LogP contribution < -0.4 is 5.32 Å². The minimum atomic E-state index is -0.394. The Hall–Kier alpha value is -0.380. The molecule has 2 aliphatic rings. The number of ether oxygens (including phenoxy) is 1. The normalized spacial score (nSPS) is 33.6. The summed E-state index contributed by atoms with van der Waals surface area (Å²) in [6.07, 6.45) is 2.01. The quantitative estimate of drug-likeness (QED) is 0.769. The van der Waals surface area contributed by atoms with Gasteiger partial charge in [-0.2, -0.15) is 11.8 Å². The maximum atomic E-state index is 11.6. The van der Waals surface area contributed by atoms with Crippen LogP contribution in [0.25, 0.3) is 0 Å². The maximum Gasteiger partial charge on any atom is 0.407 e. The van der Waals surface area contributed by atoms with Crippen LogP contribution in [0.1, 0.15) is 33.6 Å². The number of rotatable bonds is 1. The summed E-state index contributed by atoms with van der Waals surface area (Å²) >= 11 is 2.05. The summed E-state index contributed by atoms with van der Waals surface area (Å²) in [6.45, 7) is 5.69. The average molecular weight is 243 g/mol. The zero-order valence-corrected chi connectivity index (χ0v) is 11.1. The number of hydrogen-bond acceptors (Lipinski definition) is 3. The van der Waals surface area contributed by atoms with Crippen molar-refractivity contribution < 1.29 is 9.53 Å². The summed E-state index contributed by atoms with van der Waals surface area (Å²) in [6, 6.07) is 0.339. The fraction of sp³-hybridized carbons (Fsp3) is 0.917. The first-order chi connectivity index (χ1) is 7.44. The number of alkyl carbamates (subject to hydrolysis) is 1. The second-order valence-corrected chi connectivity index (χ2v) is 6.95. The van der Waals surface area contributed by atoms with Gasteiger partial charge in [0.05, 0.1) is 0 Å². The van der Waals surface area contributed by atoms with Gasteiger partial charge in [-0.1, -0.05) is 0 Å². The summed E-state index contributed by atoms with van der Waals surface area (Å²) in [5.41, 5.74) is -0.394. The highest BCUT2D eigenvalue weighted by molar-refractivity contribution is 7.99. The Morgan fingerprint density at radius 2 is 1.81 bits per heavy atom. The molecule has 1 unspecified atom stereocenters. The zero-order chi connectivity index (χ0) is 11.8. The molecule has 2 fully saturated rings. The lowest BCUT2D eigenvalue weighted by Crippen LogP contribution is -2.38. The van der Waals surface area contributed by atoms with Gasteiger partial charge in [0, 0.05) is 6.04 Å². The molecule has 4 heteroatoms. The van der Waals surface area contributed by atoms with Gasteiger partial charge in [-0.25, -0.2) is 4.79 Å². The Kier molecular flexibility index (Phi) is 3.38. The molecule has 92 valence electrons. The van der Waals surface area contributed by atoms with Gasteiger partial charge in [0.15, 0.2) is 0 Å². The second-order valence-electron chi connectivity index (χ2n) is 5.87. The first-order valence-corrected chi connectivity index (χ1v) is 7.17. The minimum Gasteiger partial charge on any atom is -0.444 e. The van der Waals surface area contributed by atoms with Gasteiger partial charge in [-0.15, -0.1) is 0 Å². The number of carbonyl (C=O) groups excluding carboxylic acids is 1. The van der Waals surface area contributed by atoms with Crippen LogP contribution in [0.5, 0.6) is 0 Å². The highest BCUT2D eigenvalue weighted by Gasteiger charge is 2.38. The third-order valence-corrected chi connectivity index (χ3v) is 4.55. The molecule has 2 rings (SSSR count). The monoisotopic (exact) mass is 243 g/mol. The molecule has 0 radical (unpaired) electrons. The molecule has 0 bridgehead atoms. The smallest absolute Gasteiger partial charge is 0.407 e. The van der Waals surface area contributed by atoms with E-state index in [1.54, 1.807) is 0 Å². The van der Waals surface area contributed by atoms with E-state index in [1.165, 1.54) is 11.5 Å². The Morgan fingerprint density at radius 3 is 2.31 bits per heavy atom. The van der Waals surface area contributed by atoms with Gasteiger partial charge in [-0.05, 0) is 57.0 Å². The Labute approximate surface area is 102 Å². The molecular weight excluding hydrogens is 222 g/mol. The molecule has 1 saturated carbocycles. The molecule has 1 heterocycles. The predicted octanol–water partition coefficient (Wildman–Crippen LogP) is 2.65. The third-order valence-electron chi connectivity index (χ3n) is 3.23. The van der Waals surface area contributed by atoms with Gasteiger partial charge in [0.25, 0.3) is 0 Å². The first kappa shape index (κ1) is 12.1. The third kappa shape index (κ3) is 3.06. The summed E-state index contributed by atoms with van der Waals surface area (Å²) in [4.78, 5) is 11.6. The highest BCUT2D eigenvalue weighted by Crippen LogP contribution is 2.42. The molecule has 0 aromatic heterocycles. The van der Waals surface area contributed by atoms with Crippen molar-refractivity contribution in [1.82, 2.24) is 5.32 Å². The first-order valence-electron chi connectivity index (χ1n) is 6.01. The summed E-state index contributed by atoms with van der Waals surface area (Å²) in [5, 5.41) is 2.99. The number of fused-ring (bicyclic) bond motifs is 1. The van der Waals surface area contributed by atoms with E-state index >= 15 is 0 Å². The molecule has 3 atom stereocenters.